The molecule has 0 aliphatic carbocycles. The van der Waals surface area contributed by atoms with Gasteiger partial charge < -0.3 is 9.64 Å². The number of nitrogens with one attached hydrogen (secondary N) is 2. The lowest BCUT2D eigenvalue weighted by Gasteiger charge is -2.55. The van der Waals surface area contributed by atoms with Crippen molar-refractivity contribution in [2.75, 3.05) is 11.4 Å². The summed E-state index contributed by atoms with van der Waals surface area (Å²) in [5.74, 6) is -1.19. The normalized spacial score (nSPS) is 27.2. The van der Waals surface area contributed by atoms with Gasteiger partial charge in [-0.1, -0.05) is 0 Å². The average Bonchev–Trinajstić information content (AvgIpc) is 2.71. The minimum Gasteiger partial charge on any atom is -0.372 e. The van der Waals surface area contributed by atoms with Gasteiger partial charge in [0.2, 0.25) is 11.8 Å². The molecule has 30 heavy (non-hydrogen) atoms. The van der Waals surface area contributed by atoms with Crippen LogP contribution < -0.4 is 15.5 Å². The second-order valence-electron chi connectivity index (χ2n) is 8.07. The molecule has 4 amide bonds. The summed E-state index contributed by atoms with van der Waals surface area (Å²) in [7, 11) is 0. The fourth-order valence-corrected chi connectivity index (χ4v) is 5.01. The molecular formula is C21H21N5O4. The highest BCUT2D eigenvalue weighted by atomic mass is 16.5. The Bertz CT molecular complexity index is 1040. The van der Waals surface area contributed by atoms with E-state index >= 15 is 0 Å². The Morgan fingerprint density at radius 3 is 2.53 bits per heavy atom. The summed E-state index contributed by atoms with van der Waals surface area (Å²) in [6.07, 6.45) is 4.83. The van der Waals surface area contributed by atoms with Gasteiger partial charge >= 0.3 is 6.03 Å². The summed E-state index contributed by atoms with van der Waals surface area (Å²) in [5.41, 5.74) is 1.85. The topological polar surface area (TPSA) is 114 Å². The highest BCUT2D eigenvalue weighted by Crippen LogP contribution is 2.46. The highest BCUT2D eigenvalue weighted by Gasteiger charge is 2.62. The van der Waals surface area contributed by atoms with Crippen LogP contribution in [0.25, 0.3) is 11.3 Å². The summed E-state index contributed by atoms with van der Waals surface area (Å²) in [6, 6.07) is 4.27. The molecule has 2 aromatic heterocycles. The molecule has 0 bridgehead atoms. The smallest absolute Gasteiger partial charge is 0.328 e. The fourth-order valence-electron chi connectivity index (χ4n) is 5.01. The Labute approximate surface area is 172 Å². The van der Waals surface area contributed by atoms with Crippen molar-refractivity contribution in [3.8, 4) is 11.3 Å². The number of urea groups is 1. The van der Waals surface area contributed by atoms with Crippen LogP contribution in [-0.4, -0.2) is 52.6 Å². The average molecular weight is 407 g/mol. The standard InChI is InChI=1S/C21H21N5O4/c1-11-10-26-16-9-23-15(13-3-5-22-6-4-13)7-14(16)8-21(17(26)12(2)30-11)18(27)24-20(29)25-19(21)28/h3-7,9,11-12,17H,8,10H2,1-2H3,(H2,24,25,27,28,29)/t11-,12+,17-/m1/s1. The molecule has 0 aromatic carbocycles. The summed E-state index contributed by atoms with van der Waals surface area (Å²) >= 11 is 0. The molecule has 1 spiro atoms. The number of nitrogens with zero attached hydrogens (tertiary/aromatic N) is 3. The van der Waals surface area contributed by atoms with Crippen LogP contribution in [0.3, 0.4) is 0 Å². The minimum absolute atomic E-state index is 0.0875. The van der Waals surface area contributed by atoms with Crippen molar-refractivity contribution in [1.29, 1.82) is 0 Å². The number of ether oxygens (including phenoxy) is 1. The predicted octanol–water partition coefficient (Wildman–Crippen LogP) is 1.03. The van der Waals surface area contributed by atoms with Gasteiger partial charge in [0.05, 0.1) is 35.8 Å². The molecule has 3 aliphatic heterocycles. The Balaban J connectivity index is 1.68. The van der Waals surface area contributed by atoms with Crippen LogP contribution in [0.1, 0.15) is 19.4 Å². The second-order valence-corrected chi connectivity index (χ2v) is 8.07. The lowest BCUT2D eigenvalue weighted by atomic mass is 9.66. The molecular weight excluding hydrogens is 386 g/mol. The minimum atomic E-state index is -1.47. The van der Waals surface area contributed by atoms with Gasteiger partial charge in [0.15, 0.2) is 5.41 Å². The molecule has 2 fully saturated rings. The van der Waals surface area contributed by atoms with Crippen molar-refractivity contribution in [2.24, 2.45) is 5.41 Å². The van der Waals surface area contributed by atoms with E-state index in [0.717, 1.165) is 22.5 Å². The quantitative estimate of drug-likeness (QED) is 0.679. The van der Waals surface area contributed by atoms with E-state index in [1.54, 1.807) is 18.6 Å². The predicted molar refractivity (Wildman–Crippen MR) is 106 cm³/mol. The number of barbiturate groups is 1. The molecule has 3 aliphatic rings. The maximum absolute atomic E-state index is 13.1. The summed E-state index contributed by atoms with van der Waals surface area (Å²) in [6.45, 7) is 4.32. The Kier molecular flexibility index (Phi) is 4.11. The number of anilines is 1. The van der Waals surface area contributed by atoms with Gasteiger partial charge in [-0.25, -0.2) is 4.79 Å². The van der Waals surface area contributed by atoms with E-state index in [1.165, 1.54) is 0 Å². The molecule has 5 rings (SSSR count). The zero-order chi connectivity index (χ0) is 21.0. The third-order valence-electron chi connectivity index (χ3n) is 6.17. The number of amides is 4. The van der Waals surface area contributed by atoms with Crippen molar-refractivity contribution in [2.45, 2.75) is 38.5 Å². The van der Waals surface area contributed by atoms with E-state index in [4.69, 9.17) is 4.74 Å². The molecule has 9 nitrogen and oxygen atoms in total. The molecule has 0 saturated carbocycles. The van der Waals surface area contributed by atoms with Crippen LogP contribution in [0.5, 0.6) is 0 Å². The number of fused-ring (bicyclic) bond motifs is 4. The van der Waals surface area contributed by atoms with E-state index < -0.39 is 35.4 Å². The highest BCUT2D eigenvalue weighted by molar-refractivity contribution is 6.20. The second kappa shape index (κ2) is 6.60. The lowest BCUT2D eigenvalue weighted by Crippen LogP contribution is -2.75. The van der Waals surface area contributed by atoms with Crippen LogP contribution in [0.2, 0.25) is 0 Å². The van der Waals surface area contributed by atoms with Crippen LogP contribution in [0.4, 0.5) is 10.5 Å². The Morgan fingerprint density at radius 2 is 1.83 bits per heavy atom. The van der Waals surface area contributed by atoms with Crippen molar-refractivity contribution < 1.29 is 19.1 Å². The van der Waals surface area contributed by atoms with Crippen molar-refractivity contribution in [3.05, 3.63) is 42.4 Å². The van der Waals surface area contributed by atoms with Gasteiger partial charge in [0, 0.05) is 30.9 Å². The maximum Gasteiger partial charge on any atom is 0.328 e. The number of rotatable bonds is 1. The van der Waals surface area contributed by atoms with Crippen molar-refractivity contribution >= 4 is 23.5 Å². The fraction of sp³-hybridized carbons (Fsp3) is 0.381. The number of carbonyl (C=O) groups excluding carboxylic acids is 3. The molecule has 0 radical (unpaired) electrons. The third kappa shape index (κ3) is 2.62. The van der Waals surface area contributed by atoms with E-state index in [0.29, 0.717) is 6.54 Å². The first kappa shape index (κ1) is 18.7. The van der Waals surface area contributed by atoms with Gasteiger partial charge in [-0.3, -0.25) is 30.2 Å². The SMILES string of the molecule is C[C@@H]1CN2c3cnc(-c4ccncc4)cc3CC3(C(=O)NC(=O)NC3=O)[C@H]2[C@H](C)O1. The zero-order valence-electron chi connectivity index (χ0n) is 16.6. The molecule has 9 heteroatoms. The lowest BCUT2D eigenvalue weighted by molar-refractivity contribution is -0.153. The van der Waals surface area contributed by atoms with Gasteiger partial charge in [-0.15, -0.1) is 0 Å². The van der Waals surface area contributed by atoms with Gasteiger partial charge in [-0.2, -0.15) is 0 Å². The zero-order valence-corrected chi connectivity index (χ0v) is 16.6. The van der Waals surface area contributed by atoms with E-state index in [1.807, 2.05) is 36.9 Å². The molecule has 3 atom stereocenters. The van der Waals surface area contributed by atoms with Crippen molar-refractivity contribution in [3.63, 3.8) is 0 Å². The molecule has 0 unspecified atom stereocenters. The number of hydrogen-bond donors (Lipinski definition) is 2. The largest absolute Gasteiger partial charge is 0.372 e. The summed E-state index contributed by atoms with van der Waals surface area (Å²) in [5, 5.41) is 4.59. The van der Waals surface area contributed by atoms with Gasteiger partial charge in [0.1, 0.15) is 0 Å². The molecule has 2 N–H and O–H groups in total. The third-order valence-corrected chi connectivity index (χ3v) is 6.17. The molecule has 5 heterocycles. The summed E-state index contributed by atoms with van der Waals surface area (Å²) in [4.78, 5) is 48.7. The Hall–Kier alpha value is -3.33. The molecule has 154 valence electrons. The van der Waals surface area contributed by atoms with Crippen LogP contribution in [0, 0.1) is 5.41 Å². The number of morpholine rings is 1. The number of hydrogen-bond acceptors (Lipinski definition) is 7. The number of imide groups is 2. The Morgan fingerprint density at radius 1 is 1.13 bits per heavy atom. The van der Waals surface area contributed by atoms with E-state index in [9.17, 15) is 14.4 Å². The molecule has 2 aromatic rings. The first-order valence-electron chi connectivity index (χ1n) is 9.88. The van der Waals surface area contributed by atoms with E-state index in [-0.39, 0.29) is 12.5 Å². The van der Waals surface area contributed by atoms with Gasteiger partial charge in [-0.05, 0) is 37.6 Å². The number of pyridine rings is 2. The first-order valence-corrected chi connectivity index (χ1v) is 9.88. The van der Waals surface area contributed by atoms with Crippen LogP contribution >= 0.6 is 0 Å². The first-order chi connectivity index (χ1) is 14.4. The number of aromatic nitrogens is 2. The van der Waals surface area contributed by atoms with Gasteiger partial charge in [0.25, 0.3) is 0 Å². The van der Waals surface area contributed by atoms with Crippen LogP contribution in [-0.2, 0) is 20.7 Å². The summed E-state index contributed by atoms with van der Waals surface area (Å²) < 4.78 is 6.00. The molecule has 2 saturated heterocycles. The van der Waals surface area contributed by atoms with Crippen molar-refractivity contribution in [1.82, 2.24) is 20.6 Å². The van der Waals surface area contributed by atoms with E-state index in [2.05, 4.69) is 20.6 Å². The number of carbonyl (C=O) groups is 3. The monoisotopic (exact) mass is 407 g/mol. The van der Waals surface area contributed by atoms with Crippen LogP contribution in [0.15, 0.2) is 36.8 Å². The maximum atomic E-state index is 13.1.